The Balaban J connectivity index is 2.17. The van der Waals surface area contributed by atoms with Crippen molar-refractivity contribution >= 4 is 5.97 Å². The highest BCUT2D eigenvalue weighted by molar-refractivity contribution is 5.91. The number of hydrogen-bond donors (Lipinski definition) is 0. The lowest BCUT2D eigenvalue weighted by atomic mass is 10.1. The third kappa shape index (κ3) is 4.48. The van der Waals surface area contributed by atoms with Crippen LogP contribution in [0.2, 0.25) is 0 Å². The van der Waals surface area contributed by atoms with Crippen LogP contribution in [0.25, 0.3) is 0 Å². The SMILES string of the molecule is C/C=C/CCc1ccc(C(=O)Oc2cc(F)c(C#N)c(F)c2)c(F)c1. The Bertz CT molecular complexity index is 846. The predicted molar refractivity (Wildman–Crippen MR) is 85.6 cm³/mol. The summed E-state index contributed by atoms with van der Waals surface area (Å²) in [6.07, 6.45) is 5.18. The molecule has 3 nitrogen and oxygen atoms in total. The Labute approximate surface area is 143 Å². The molecular formula is C19H14F3NO2. The summed E-state index contributed by atoms with van der Waals surface area (Å²) in [6, 6.07) is 6.82. The van der Waals surface area contributed by atoms with Crippen molar-refractivity contribution in [2.75, 3.05) is 0 Å². The molecule has 0 bridgehead atoms. The van der Waals surface area contributed by atoms with Crippen LogP contribution in [0.3, 0.4) is 0 Å². The fraction of sp³-hybridized carbons (Fsp3) is 0.158. The predicted octanol–water partition coefficient (Wildman–Crippen LogP) is 4.70. The third-order valence-corrected chi connectivity index (χ3v) is 3.43. The minimum atomic E-state index is -1.16. The summed E-state index contributed by atoms with van der Waals surface area (Å²) in [5.74, 6) is -4.63. The molecule has 0 radical (unpaired) electrons. The molecule has 2 aromatic rings. The summed E-state index contributed by atoms with van der Waals surface area (Å²) < 4.78 is 45.9. The number of aryl methyl sites for hydroxylation is 1. The third-order valence-electron chi connectivity index (χ3n) is 3.43. The lowest BCUT2D eigenvalue weighted by molar-refractivity contribution is 0.0729. The van der Waals surface area contributed by atoms with Crippen LogP contribution in [0.1, 0.15) is 34.8 Å². The van der Waals surface area contributed by atoms with E-state index in [1.165, 1.54) is 18.2 Å². The molecule has 0 amide bonds. The van der Waals surface area contributed by atoms with E-state index in [-0.39, 0.29) is 5.56 Å². The van der Waals surface area contributed by atoms with Crippen LogP contribution in [0.4, 0.5) is 13.2 Å². The van der Waals surface area contributed by atoms with E-state index in [4.69, 9.17) is 10.00 Å². The molecule has 0 aromatic heterocycles. The molecule has 0 saturated heterocycles. The first kappa shape index (κ1) is 18.3. The van der Waals surface area contributed by atoms with Gasteiger partial charge in [-0.2, -0.15) is 5.26 Å². The van der Waals surface area contributed by atoms with E-state index >= 15 is 0 Å². The van der Waals surface area contributed by atoms with E-state index in [1.807, 2.05) is 19.1 Å². The standard InChI is InChI=1S/C19H14F3NO2/c1-2-3-4-5-12-6-7-14(16(20)8-12)19(24)25-13-9-17(21)15(11-23)18(22)10-13/h2-3,6-10H,4-5H2,1H3/b3-2+. The molecule has 0 fully saturated rings. The van der Waals surface area contributed by atoms with Crippen molar-refractivity contribution in [1.29, 1.82) is 5.26 Å². The Morgan fingerprint density at radius 1 is 1.16 bits per heavy atom. The largest absolute Gasteiger partial charge is 0.423 e. The number of benzene rings is 2. The zero-order chi connectivity index (χ0) is 18.4. The van der Waals surface area contributed by atoms with Gasteiger partial charge in [-0.1, -0.05) is 18.2 Å². The highest BCUT2D eigenvalue weighted by Crippen LogP contribution is 2.22. The second-order valence-corrected chi connectivity index (χ2v) is 5.19. The highest BCUT2D eigenvalue weighted by atomic mass is 19.1. The molecule has 0 N–H and O–H groups in total. The van der Waals surface area contributed by atoms with Crippen molar-refractivity contribution in [3.05, 3.63) is 76.6 Å². The maximum atomic E-state index is 14.1. The van der Waals surface area contributed by atoms with Gasteiger partial charge in [0.15, 0.2) is 0 Å². The normalized spacial score (nSPS) is 10.7. The van der Waals surface area contributed by atoms with Gasteiger partial charge in [0.25, 0.3) is 0 Å². The van der Waals surface area contributed by atoms with Gasteiger partial charge in [-0.3, -0.25) is 0 Å². The number of ether oxygens (including phenoxy) is 1. The van der Waals surface area contributed by atoms with Crippen molar-refractivity contribution < 1.29 is 22.7 Å². The van der Waals surface area contributed by atoms with Gasteiger partial charge in [0.1, 0.15) is 34.8 Å². The average Bonchev–Trinajstić information content (AvgIpc) is 2.55. The number of nitriles is 1. The number of allylic oxidation sites excluding steroid dienone is 2. The molecular weight excluding hydrogens is 331 g/mol. The number of nitrogens with zero attached hydrogens (tertiary/aromatic N) is 1. The topological polar surface area (TPSA) is 50.1 Å². The Kier molecular flexibility index (Phi) is 5.96. The first-order chi connectivity index (χ1) is 12.0. The summed E-state index contributed by atoms with van der Waals surface area (Å²) in [6.45, 7) is 1.88. The Hall–Kier alpha value is -3.07. The Morgan fingerprint density at radius 3 is 2.40 bits per heavy atom. The van der Waals surface area contributed by atoms with Crippen LogP contribution in [0, 0.1) is 28.8 Å². The lowest BCUT2D eigenvalue weighted by Crippen LogP contribution is -2.11. The molecule has 25 heavy (non-hydrogen) atoms. The van der Waals surface area contributed by atoms with Crippen LogP contribution in [0.15, 0.2) is 42.5 Å². The number of hydrogen-bond acceptors (Lipinski definition) is 3. The van der Waals surface area contributed by atoms with Gasteiger partial charge in [0.05, 0.1) is 5.56 Å². The summed E-state index contributed by atoms with van der Waals surface area (Å²) in [5.41, 5.74) is -0.418. The number of carbonyl (C=O) groups is 1. The van der Waals surface area contributed by atoms with Gasteiger partial charge in [0, 0.05) is 12.1 Å². The van der Waals surface area contributed by atoms with Crippen molar-refractivity contribution in [3.63, 3.8) is 0 Å². The Morgan fingerprint density at radius 2 is 1.84 bits per heavy atom. The molecule has 0 unspecified atom stereocenters. The zero-order valence-corrected chi connectivity index (χ0v) is 13.4. The van der Waals surface area contributed by atoms with Crippen LogP contribution < -0.4 is 4.74 Å². The maximum Gasteiger partial charge on any atom is 0.346 e. The summed E-state index contributed by atoms with van der Waals surface area (Å²) in [7, 11) is 0. The fourth-order valence-electron chi connectivity index (χ4n) is 2.17. The van der Waals surface area contributed by atoms with Gasteiger partial charge in [-0.15, -0.1) is 0 Å². The zero-order valence-electron chi connectivity index (χ0n) is 13.4. The van der Waals surface area contributed by atoms with E-state index in [2.05, 4.69) is 0 Å². The number of halogens is 3. The van der Waals surface area contributed by atoms with E-state index < -0.39 is 34.7 Å². The van der Waals surface area contributed by atoms with E-state index in [0.29, 0.717) is 24.1 Å². The van der Waals surface area contributed by atoms with E-state index in [1.54, 1.807) is 6.07 Å². The molecule has 0 aliphatic rings. The second-order valence-electron chi connectivity index (χ2n) is 5.19. The van der Waals surface area contributed by atoms with Crippen molar-refractivity contribution in [2.45, 2.75) is 19.8 Å². The summed E-state index contributed by atoms with van der Waals surface area (Å²) >= 11 is 0. The molecule has 0 aliphatic heterocycles. The van der Waals surface area contributed by atoms with Crippen LogP contribution in [0.5, 0.6) is 5.75 Å². The number of carbonyl (C=O) groups excluding carboxylic acids is 1. The minimum absolute atomic E-state index is 0.347. The first-order valence-electron chi connectivity index (χ1n) is 7.47. The number of rotatable bonds is 5. The summed E-state index contributed by atoms with van der Waals surface area (Å²) in [5, 5.41) is 8.60. The van der Waals surface area contributed by atoms with Gasteiger partial charge in [-0.05, 0) is 37.5 Å². The second kappa shape index (κ2) is 8.15. The average molecular weight is 345 g/mol. The lowest BCUT2D eigenvalue weighted by Gasteiger charge is -2.08. The molecule has 6 heteroatoms. The van der Waals surface area contributed by atoms with Gasteiger partial charge in [0.2, 0.25) is 0 Å². The van der Waals surface area contributed by atoms with Crippen molar-refractivity contribution in [2.24, 2.45) is 0 Å². The van der Waals surface area contributed by atoms with E-state index in [0.717, 1.165) is 6.42 Å². The molecule has 0 spiro atoms. The monoisotopic (exact) mass is 345 g/mol. The van der Waals surface area contributed by atoms with Crippen molar-refractivity contribution in [1.82, 2.24) is 0 Å². The molecule has 0 atom stereocenters. The maximum absolute atomic E-state index is 14.1. The number of esters is 1. The van der Waals surface area contributed by atoms with Crippen LogP contribution >= 0.6 is 0 Å². The van der Waals surface area contributed by atoms with Crippen LogP contribution in [-0.4, -0.2) is 5.97 Å². The van der Waals surface area contributed by atoms with Crippen LogP contribution in [-0.2, 0) is 6.42 Å². The molecule has 128 valence electrons. The quantitative estimate of drug-likeness (QED) is 0.448. The van der Waals surface area contributed by atoms with Gasteiger partial charge in [-0.25, -0.2) is 18.0 Å². The molecule has 0 heterocycles. The van der Waals surface area contributed by atoms with E-state index in [9.17, 15) is 18.0 Å². The minimum Gasteiger partial charge on any atom is -0.423 e. The molecule has 2 aromatic carbocycles. The van der Waals surface area contributed by atoms with Crippen molar-refractivity contribution in [3.8, 4) is 11.8 Å². The smallest absolute Gasteiger partial charge is 0.346 e. The molecule has 2 rings (SSSR count). The fourth-order valence-corrected chi connectivity index (χ4v) is 2.17. The molecule has 0 saturated carbocycles. The van der Waals surface area contributed by atoms with Gasteiger partial charge < -0.3 is 4.74 Å². The highest BCUT2D eigenvalue weighted by Gasteiger charge is 2.17. The summed E-state index contributed by atoms with van der Waals surface area (Å²) in [4.78, 5) is 12.0. The van der Waals surface area contributed by atoms with Gasteiger partial charge >= 0.3 is 5.97 Å². The first-order valence-corrected chi connectivity index (χ1v) is 7.47. The molecule has 0 aliphatic carbocycles.